The summed E-state index contributed by atoms with van der Waals surface area (Å²) in [6.45, 7) is 1.91. The first-order chi connectivity index (χ1) is 10.7. The van der Waals surface area contributed by atoms with Crippen LogP contribution in [0.1, 0.15) is 19.8 Å². The molecule has 6 N–H and O–H groups in total. The zero-order chi connectivity index (χ0) is 15.8. The highest BCUT2D eigenvalue weighted by Gasteiger charge is 2.16. The van der Waals surface area contributed by atoms with Gasteiger partial charge in [0.15, 0.2) is 0 Å². The first kappa shape index (κ1) is 15.1. The molecular weight excluding hydrogens is 296 g/mol. The minimum atomic E-state index is -0.608. The molecule has 0 saturated heterocycles. The molecule has 0 atom stereocenters. The Morgan fingerprint density at radius 3 is 1.86 bits per heavy atom. The van der Waals surface area contributed by atoms with E-state index in [0.29, 0.717) is 6.42 Å². The fourth-order valence-corrected chi connectivity index (χ4v) is 1.49. The van der Waals surface area contributed by atoms with Gasteiger partial charge in [-0.05, 0) is 16.8 Å². The number of aromatic amines is 2. The Balaban J connectivity index is 1.83. The van der Waals surface area contributed by atoms with Crippen LogP contribution in [0.3, 0.4) is 0 Å². The number of urea groups is 2. The summed E-state index contributed by atoms with van der Waals surface area (Å²) in [4.78, 5) is 23.5. The van der Waals surface area contributed by atoms with Crippen LogP contribution in [0, 0.1) is 0 Å². The molecule has 0 radical (unpaired) electrons. The van der Waals surface area contributed by atoms with Gasteiger partial charge >= 0.3 is 12.1 Å². The minimum Gasteiger partial charge on any atom is -0.318 e. The standard InChI is InChI=1S/C8H14N12O2/c1-2-3-4(9-7(21)11-5-13-17-18-14-5)10-8(22)12-6-15-19-20-16-6/h4H,2-3H2,1H3,(H3,9,11,13,14,17,18,21)(H3,10,12,15,16,19,20,22). The molecule has 14 nitrogen and oxygen atoms in total. The van der Waals surface area contributed by atoms with Gasteiger partial charge in [0.2, 0.25) is 0 Å². The van der Waals surface area contributed by atoms with Crippen LogP contribution in [0.15, 0.2) is 0 Å². The number of aromatic nitrogens is 8. The Morgan fingerprint density at radius 1 is 1.00 bits per heavy atom. The lowest BCUT2D eigenvalue weighted by Gasteiger charge is -2.19. The average molecular weight is 310 g/mol. The van der Waals surface area contributed by atoms with E-state index in [1.54, 1.807) is 0 Å². The number of nitrogens with zero attached hydrogens (tertiary/aromatic N) is 6. The Morgan fingerprint density at radius 2 is 1.50 bits per heavy atom. The monoisotopic (exact) mass is 310 g/mol. The molecule has 0 aliphatic heterocycles. The van der Waals surface area contributed by atoms with E-state index in [1.807, 2.05) is 6.92 Å². The van der Waals surface area contributed by atoms with Gasteiger partial charge in [0.05, 0.1) is 0 Å². The number of hydrogen-bond acceptors (Lipinski definition) is 8. The third-order valence-electron chi connectivity index (χ3n) is 2.33. The smallest absolute Gasteiger partial charge is 0.318 e. The number of H-pyrrole nitrogens is 2. The van der Waals surface area contributed by atoms with E-state index in [1.165, 1.54) is 0 Å². The largest absolute Gasteiger partial charge is 0.323 e. The number of nitrogens with one attached hydrogen (secondary N) is 6. The molecule has 14 heteroatoms. The van der Waals surface area contributed by atoms with Gasteiger partial charge in [-0.2, -0.15) is 10.4 Å². The molecule has 0 aliphatic rings. The van der Waals surface area contributed by atoms with Crippen LogP contribution < -0.4 is 21.3 Å². The molecular formula is C8H14N12O2. The van der Waals surface area contributed by atoms with Gasteiger partial charge in [-0.25, -0.2) is 9.59 Å². The van der Waals surface area contributed by atoms with Gasteiger partial charge in [0, 0.05) is 0 Å². The van der Waals surface area contributed by atoms with Crippen LogP contribution in [-0.4, -0.2) is 59.5 Å². The average Bonchev–Trinajstić information content (AvgIpc) is 3.12. The molecule has 0 aliphatic carbocycles. The minimum absolute atomic E-state index is 0.0176. The second-order valence-corrected chi connectivity index (χ2v) is 4.01. The van der Waals surface area contributed by atoms with E-state index in [2.05, 4.69) is 62.5 Å². The summed E-state index contributed by atoms with van der Waals surface area (Å²) in [6.07, 6.45) is 0.637. The van der Waals surface area contributed by atoms with Crippen LogP contribution in [0.4, 0.5) is 21.5 Å². The van der Waals surface area contributed by atoms with Crippen molar-refractivity contribution in [2.24, 2.45) is 0 Å². The van der Waals surface area contributed by atoms with Crippen molar-refractivity contribution in [1.82, 2.24) is 51.9 Å². The van der Waals surface area contributed by atoms with Gasteiger partial charge in [-0.3, -0.25) is 10.6 Å². The number of anilines is 2. The molecule has 0 fully saturated rings. The molecule has 2 heterocycles. The van der Waals surface area contributed by atoms with Crippen LogP contribution in [0.25, 0.3) is 0 Å². The number of tetrazole rings is 2. The van der Waals surface area contributed by atoms with Crippen molar-refractivity contribution < 1.29 is 9.59 Å². The lowest BCUT2D eigenvalue weighted by molar-refractivity contribution is 0.236. The highest BCUT2D eigenvalue weighted by Crippen LogP contribution is 1.97. The fourth-order valence-electron chi connectivity index (χ4n) is 1.49. The number of carbonyl (C=O) groups is 2. The third kappa shape index (κ3) is 4.66. The lowest BCUT2D eigenvalue weighted by atomic mass is 10.3. The SMILES string of the molecule is CCCC(NC(=O)Nc1nn[nH]n1)NC(=O)Nc1nn[nH]n1. The maximum atomic E-state index is 11.7. The zero-order valence-corrected chi connectivity index (χ0v) is 11.5. The zero-order valence-electron chi connectivity index (χ0n) is 11.5. The van der Waals surface area contributed by atoms with E-state index in [0.717, 1.165) is 6.42 Å². The van der Waals surface area contributed by atoms with Crippen molar-refractivity contribution >= 4 is 24.0 Å². The second kappa shape index (κ2) is 7.46. The van der Waals surface area contributed by atoms with Crippen molar-refractivity contribution in [3.8, 4) is 0 Å². The molecule has 2 aromatic rings. The van der Waals surface area contributed by atoms with Gasteiger partial charge in [-0.1, -0.05) is 23.5 Å². The van der Waals surface area contributed by atoms with Gasteiger partial charge < -0.3 is 10.6 Å². The van der Waals surface area contributed by atoms with E-state index < -0.39 is 18.2 Å². The van der Waals surface area contributed by atoms with Gasteiger partial charge in [0.25, 0.3) is 11.9 Å². The molecule has 4 amide bonds. The van der Waals surface area contributed by atoms with E-state index in [-0.39, 0.29) is 11.9 Å². The normalized spacial score (nSPS) is 10.3. The molecule has 22 heavy (non-hydrogen) atoms. The molecule has 118 valence electrons. The summed E-state index contributed by atoms with van der Waals surface area (Å²) >= 11 is 0. The van der Waals surface area contributed by atoms with Crippen molar-refractivity contribution in [3.63, 3.8) is 0 Å². The summed E-state index contributed by atoms with van der Waals surface area (Å²) < 4.78 is 0. The van der Waals surface area contributed by atoms with Crippen molar-refractivity contribution in [3.05, 3.63) is 0 Å². The van der Waals surface area contributed by atoms with Crippen LogP contribution in [0.5, 0.6) is 0 Å². The van der Waals surface area contributed by atoms with Crippen molar-refractivity contribution in [2.45, 2.75) is 25.9 Å². The first-order valence-corrected chi connectivity index (χ1v) is 6.29. The highest BCUT2D eigenvalue weighted by molar-refractivity contribution is 5.89. The third-order valence-corrected chi connectivity index (χ3v) is 2.33. The first-order valence-electron chi connectivity index (χ1n) is 6.29. The molecule has 0 aromatic carbocycles. The molecule has 2 aromatic heterocycles. The molecule has 0 unspecified atom stereocenters. The predicted octanol–water partition coefficient (Wildman–Crippen LogP) is -1.22. The van der Waals surface area contributed by atoms with Crippen molar-refractivity contribution in [2.75, 3.05) is 10.6 Å². The van der Waals surface area contributed by atoms with Gasteiger partial charge in [-0.15, -0.1) is 10.2 Å². The van der Waals surface area contributed by atoms with Crippen LogP contribution >= 0.6 is 0 Å². The summed E-state index contributed by atoms with van der Waals surface area (Å²) in [5.41, 5.74) is 0. The van der Waals surface area contributed by atoms with E-state index in [9.17, 15) is 9.59 Å². The van der Waals surface area contributed by atoms with Crippen molar-refractivity contribution in [1.29, 1.82) is 0 Å². The van der Waals surface area contributed by atoms with Crippen LogP contribution in [0.2, 0.25) is 0 Å². The Hall–Kier alpha value is -3.32. The summed E-state index contributed by atoms with van der Waals surface area (Å²) in [5.74, 6) is 0.0352. The molecule has 2 rings (SSSR count). The molecule has 0 bridgehead atoms. The summed E-state index contributed by atoms with van der Waals surface area (Å²) in [6, 6.07) is -1.17. The maximum absolute atomic E-state index is 11.7. The van der Waals surface area contributed by atoms with E-state index in [4.69, 9.17) is 0 Å². The maximum Gasteiger partial charge on any atom is 0.323 e. The summed E-state index contributed by atoms with van der Waals surface area (Å²) in [7, 11) is 0. The predicted molar refractivity (Wildman–Crippen MR) is 71.4 cm³/mol. The Kier molecular flexibility index (Phi) is 5.11. The topological polar surface area (TPSA) is 191 Å². The number of carbonyl (C=O) groups excluding carboxylic acids is 2. The fraction of sp³-hybridized carbons (Fsp3) is 0.500. The van der Waals surface area contributed by atoms with Crippen LogP contribution in [-0.2, 0) is 0 Å². The molecule has 0 saturated carbocycles. The number of hydrogen-bond donors (Lipinski definition) is 6. The Bertz CT molecular complexity index is 530. The number of rotatable bonds is 6. The second-order valence-electron chi connectivity index (χ2n) is 4.01. The molecule has 0 spiro atoms. The quantitative estimate of drug-likeness (QED) is 0.357. The highest BCUT2D eigenvalue weighted by atomic mass is 16.2. The Labute approximate surface area is 123 Å². The van der Waals surface area contributed by atoms with E-state index >= 15 is 0 Å². The van der Waals surface area contributed by atoms with Gasteiger partial charge in [0.1, 0.15) is 6.17 Å². The number of amides is 4. The lowest BCUT2D eigenvalue weighted by Crippen LogP contribution is -2.50. The summed E-state index contributed by atoms with van der Waals surface area (Å²) in [5, 5.41) is 35.1.